The highest BCUT2D eigenvalue weighted by Crippen LogP contribution is 2.38. The Kier molecular flexibility index (Phi) is 3.81. The minimum Gasteiger partial charge on any atom is -0.481 e. The minimum atomic E-state index is -0.284. The zero-order valence-corrected chi connectivity index (χ0v) is 12.2. The molecule has 1 aliphatic carbocycles. The van der Waals surface area contributed by atoms with Crippen molar-refractivity contribution in [3.63, 3.8) is 0 Å². The lowest BCUT2D eigenvalue weighted by molar-refractivity contribution is -0.178. The van der Waals surface area contributed by atoms with E-state index in [0.29, 0.717) is 11.9 Å². The molecule has 5 nitrogen and oxygen atoms in total. The molecule has 5 heteroatoms. The van der Waals surface area contributed by atoms with Gasteiger partial charge >= 0.3 is 0 Å². The summed E-state index contributed by atoms with van der Waals surface area (Å²) >= 11 is 0. The lowest BCUT2D eigenvalue weighted by Gasteiger charge is -2.39. The maximum atomic E-state index is 5.78. The van der Waals surface area contributed by atoms with Gasteiger partial charge in [0.25, 0.3) is 0 Å². The standard InChI is InChI=1S/C15H22N2O3/c1-17(13-5-8-16-14(11-13)18-2)12-3-6-15(7-4-12)19-9-10-20-15/h5,8,11-12H,3-4,6-7,9-10H2,1-2H3. The van der Waals surface area contributed by atoms with Crippen molar-refractivity contribution < 1.29 is 14.2 Å². The average molecular weight is 278 g/mol. The Morgan fingerprint density at radius 2 is 2.00 bits per heavy atom. The van der Waals surface area contributed by atoms with Gasteiger partial charge in [-0.15, -0.1) is 0 Å². The second kappa shape index (κ2) is 5.58. The van der Waals surface area contributed by atoms with Gasteiger partial charge < -0.3 is 19.1 Å². The summed E-state index contributed by atoms with van der Waals surface area (Å²) in [4.78, 5) is 6.47. The van der Waals surface area contributed by atoms with E-state index in [1.54, 1.807) is 13.3 Å². The van der Waals surface area contributed by atoms with Crippen LogP contribution in [0.25, 0.3) is 0 Å². The van der Waals surface area contributed by atoms with Crippen molar-refractivity contribution in [2.24, 2.45) is 0 Å². The second-order valence-electron chi connectivity index (χ2n) is 5.51. The van der Waals surface area contributed by atoms with Gasteiger partial charge in [0, 0.05) is 43.9 Å². The van der Waals surface area contributed by atoms with E-state index in [9.17, 15) is 0 Å². The third kappa shape index (κ3) is 2.60. The SMILES string of the molecule is COc1cc(N(C)C2CCC3(CC2)OCCO3)ccn1. The predicted octanol–water partition coefficient (Wildman–Crippen LogP) is 2.21. The highest BCUT2D eigenvalue weighted by molar-refractivity contribution is 5.48. The summed E-state index contributed by atoms with van der Waals surface area (Å²) in [5.41, 5.74) is 1.14. The number of hydrogen-bond acceptors (Lipinski definition) is 5. The van der Waals surface area contributed by atoms with Crippen molar-refractivity contribution in [3.05, 3.63) is 18.3 Å². The highest BCUT2D eigenvalue weighted by Gasteiger charge is 2.41. The molecule has 1 saturated carbocycles. The van der Waals surface area contributed by atoms with Crippen LogP contribution in [0.15, 0.2) is 18.3 Å². The van der Waals surface area contributed by atoms with Crippen LogP contribution >= 0.6 is 0 Å². The van der Waals surface area contributed by atoms with Gasteiger partial charge in [-0.2, -0.15) is 0 Å². The van der Waals surface area contributed by atoms with Crippen LogP contribution in [0, 0.1) is 0 Å². The molecule has 1 aromatic rings. The summed E-state index contributed by atoms with van der Waals surface area (Å²) in [5, 5.41) is 0. The summed E-state index contributed by atoms with van der Waals surface area (Å²) in [6, 6.07) is 4.52. The fraction of sp³-hybridized carbons (Fsp3) is 0.667. The number of rotatable bonds is 3. The Labute approximate surface area is 119 Å². The maximum Gasteiger partial charge on any atom is 0.214 e. The Morgan fingerprint density at radius 3 is 2.65 bits per heavy atom. The largest absolute Gasteiger partial charge is 0.481 e. The van der Waals surface area contributed by atoms with Crippen LogP contribution in [-0.4, -0.2) is 44.2 Å². The zero-order chi connectivity index (χ0) is 14.0. The van der Waals surface area contributed by atoms with E-state index in [1.807, 2.05) is 12.1 Å². The van der Waals surface area contributed by atoms with Crippen LogP contribution in [-0.2, 0) is 9.47 Å². The lowest BCUT2D eigenvalue weighted by Crippen LogP contribution is -2.42. The van der Waals surface area contributed by atoms with Crippen LogP contribution in [0.2, 0.25) is 0 Å². The minimum absolute atomic E-state index is 0.284. The molecule has 20 heavy (non-hydrogen) atoms. The Balaban J connectivity index is 1.64. The number of aromatic nitrogens is 1. The molecule has 0 aromatic carbocycles. The van der Waals surface area contributed by atoms with Gasteiger partial charge in [-0.3, -0.25) is 0 Å². The van der Waals surface area contributed by atoms with E-state index in [4.69, 9.17) is 14.2 Å². The predicted molar refractivity (Wildman–Crippen MR) is 76.1 cm³/mol. The smallest absolute Gasteiger partial charge is 0.214 e. The van der Waals surface area contributed by atoms with Crippen molar-refractivity contribution in [1.29, 1.82) is 0 Å². The summed E-state index contributed by atoms with van der Waals surface area (Å²) < 4.78 is 16.8. The normalized spacial score (nSPS) is 22.1. The summed E-state index contributed by atoms with van der Waals surface area (Å²) in [5.74, 6) is 0.372. The third-order valence-corrected chi connectivity index (χ3v) is 4.41. The average Bonchev–Trinajstić information content (AvgIpc) is 2.96. The molecule has 2 aliphatic rings. The first-order valence-electron chi connectivity index (χ1n) is 7.23. The highest BCUT2D eigenvalue weighted by atomic mass is 16.7. The van der Waals surface area contributed by atoms with Crippen LogP contribution < -0.4 is 9.64 Å². The van der Waals surface area contributed by atoms with E-state index < -0.39 is 0 Å². The molecular weight excluding hydrogens is 256 g/mol. The Bertz CT molecular complexity index is 450. The second-order valence-corrected chi connectivity index (χ2v) is 5.51. The van der Waals surface area contributed by atoms with Gasteiger partial charge in [0.05, 0.1) is 20.3 Å². The van der Waals surface area contributed by atoms with Gasteiger partial charge in [-0.05, 0) is 18.9 Å². The first-order valence-corrected chi connectivity index (χ1v) is 7.23. The Hall–Kier alpha value is -1.33. The van der Waals surface area contributed by atoms with E-state index >= 15 is 0 Å². The number of nitrogens with zero attached hydrogens (tertiary/aromatic N) is 2. The van der Waals surface area contributed by atoms with Gasteiger partial charge in [0.1, 0.15) is 0 Å². The molecule has 0 radical (unpaired) electrons. The van der Waals surface area contributed by atoms with Gasteiger partial charge in [-0.1, -0.05) is 0 Å². The van der Waals surface area contributed by atoms with Gasteiger partial charge in [-0.25, -0.2) is 4.98 Å². The molecule has 1 spiro atoms. The van der Waals surface area contributed by atoms with E-state index in [2.05, 4.69) is 16.9 Å². The maximum absolute atomic E-state index is 5.78. The van der Waals surface area contributed by atoms with Gasteiger partial charge in [0.15, 0.2) is 5.79 Å². The number of pyridine rings is 1. The van der Waals surface area contributed by atoms with Crippen molar-refractivity contribution in [2.75, 3.05) is 32.3 Å². The first-order chi connectivity index (χ1) is 9.72. The van der Waals surface area contributed by atoms with Crippen molar-refractivity contribution in [2.45, 2.75) is 37.5 Å². The fourth-order valence-corrected chi connectivity index (χ4v) is 3.16. The molecule has 0 amide bonds. The van der Waals surface area contributed by atoms with E-state index in [0.717, 1.165) is 44.6 Å². The third-order valence-electron chi connectivity index (χ3n) is 4.41. The topological polar surface area (TPSA) is 43.8 Å². The number of hydrogen-bond donors (Lipinski definition) is 0. The number of ether oxygens (including phenoxy) is 3. The number of anilines is 1. The van der Waals surface area contributed by atoms with E-state index in [-0.39, 0.29) is 5.79 Å². The molecule has 0 unspecified atom stereocenters. The van der Waals surface area contributed by atoms with Gasteiger partial charge in [0.2, 0.25) is 5.88 Å². The molecule has 0 bridgehead atoms. The molecule has 1 aromatic heterocycles. The molecule has 2 heterocycles. The van der Waals surface area contributed by atoms with Crippen molar-refractivity contribution in [1.82, 2.24) is 4.98 Å². The molecular formula is C15H22N2O3. The van der Waals surface area contributed by atoms with Crippen molar-refractivity contribution in [3.8, 4) is 5.88 Å². The lowest BCUT2D eigenvalue weighted by atomic mass is 9.89. The monoisotopic (exact) mass is 278 g/mol. The summed E-state index contributed by atoms with van der Waals surface area (Å²) in [6.07, 6.45) is 5.91. The van der Waals surface area contributed by atoms with Crippen LogP contribution in [0.5, 0.6) is 5.88 Å². The quantitative estimate of drug-likeness (QED) is 0.848. The number of methoxy groups -OCH3 is 1. The van der Waals surface area contributed by atoms with E-state index in [1.165, 1.54) is 0 Å². The molecule has 3 rings (SSSR count). The molecule has 110 valence electrons. The Morgan fingerprint density at radius 1 is 1.30 bits per heavy atom. The van der Waals surface area contributed by atoms with Crippen molar-refractivity contribution >= 4 is 5.69 Å². The summed E-state index contributed by atoms with van der Waals surface area (Å²) in [7, 11) is 3.78. The fourth-order valence-electron chi connectivity index (χ4n) is 3.16. The molecule has 2 fully saturated rings. The zero-order valence-electron chi connectivity index (χ0n) is 12.2. The molecule has 1 aliphatic heterocycles. The molecule has 0 atom stereocenters. The molecule has 0 N–H and O–H groups in total. The van der Waals surface area contributed by atoms with Crippen LogP contribution in [0.1, 0.15) is 25.7 Å². The summed E-state index contributed by atoms with van der Waals surface area (Å²) in [6.45, 7) is 1.48. The first kappa shape index (κ1) is 13.6. The van der Waals surface area contributed by atoms with Crippen LogP contribution in [0.4, 0.5) is 5.69 Å². The molecule has 1 saturated heterocycles. The van der Waals surface area contributed by atoms with Crippen LogP contribution in [0.3, 0.4) is 0 Å².